The van der Waals surface area contributed by atoms with Crippen LogP contribution in [0.4, 0.5) is 5.69 Å². The maximum absolute atomic E-state index is 3.73. The van der Waals surface area contributed by atoms with E-state index in [1.54, 1.807) is 0 Å². The van der Waals surface area contributed by atoms with Crippen molar-refractivity contribution in [3.8, 4) is 0 Å². The van der Waals surface area contributed by atoms with Gasteiger partial charge >= 0.3 is 0 Å². The molecule has 1 N–H and O–H groups in total. The van der Waals surface area contributed by atoms with Gasteiger partial charge in [0, 0.05) is 40.8 Å². The maximum Gasteiger partial charge on any atom is 0.0378 e. The highest BCUT2D eigenvalue weighted by Gasteiger charge is 2.19. The number of anilines is 1. The molecule has 4 heteroatoms. The summed E-state index contributed by atoms with van der Waals surface area (Å²) in [4.78, 5) is 2.53. The lowest BCUT2D eigenvalue weighted by Crippen LogP contribution is -2.37. The van der Waals surface area contributed by atoms with Gasteiger partial charge in [0.2, 0.25) is 0 Å². The standard InChI is InChI=1S/C16H25BrN2S/c1-3-7-18-11-13-5-6-14(10-16(13)17)19-8-9-20-15(4-2)12-19/h5-6,10,15,18H,3-4,7-9,11-12H2,1-2H3. The van der Waals surface area contributed by atoms with E-state index < -0.39 is 0 Å². The van der Waals surface area contributed by atoms with Gasteiger partial charge in [-0.15, -0.1) is 0 Å². The number of nitrogens with one attached hydrogen (secondary N) is 1. The van der Waals surface area contributed by atoms with Crippen molar-refractivity contribution in [2.24, 2.45) is 0 Å². The summed E-state index contributed by atoms with van der Waals surface area (Å²) >= 11 is 5.85. The minimum Gasteiger partial charge on any atom is -0.370 e. The fraction of sp³-hybridized carbons (Fsp3) is 0.625. The van der Waals surface area contributed by atoms with Crippen molar-refractivity contribution in [1.82, 2.24) is 5.32 Å². The molecular formula is C16H25BrN2S. The van der Waals surface area contributed by atoms with Gasteiger partial charge in [0.05, 0.1) is 0 Å². The second-order valence-corrected chi connectivity index (χ2v) is 7.56. The van der Waals surface area contributed by atoms with Crippen LogP contribution in [0.1, 0.15) is 32.3 Å². The Hall–Kier alpha value is -0.190. The van der Waals surface area contributed by atoms with E-state index >= 15 is 0 Å². The predicted molar refractivity (Wildman–Crippen MR) is 94.9 cm³/mol. The Morgan fingerprint density at radius 3 is 2.95 bits per heavy atom. The molecule has 1 heterocycles. The van der Waals surface area contributed by atoms with Gasteiger partial charge in [-0.2, -0.15) is 11.8 Å². The molecule has 0 aromatic heterocycles. The molecule has 1 fully saturated rings. The summed E-state index contributed by atoms with van der Waals surface area (Å²) in [6.45, 7) is 8.86. The molecule has 1 aromatic rings. The highest BCUT2D eigenvalue weighted by molar-refractivity contribution is 9.10. The third-order valence-electron chi connectivity index (χ3n) is 3.74. The zero-order valence-electron chi connectivity index (χ0n) is 12.5. The van der Waals surface area contributed by atoms with Crippen molar-refractivity contribution in [1.29, 1.82) is 0 Å². The lowest BCUT2D eigenvalue weighted by atomic mass is 10.1. The average Bonchev–Trinajstić information content (AvgIpc) is 2.49. The molecule has 2 nitrogen and oxygen atoms in total. The van der Waals surface area contributed by atoms with Crippen molar-refractivity contribution >= 4 is 33.4 Å². The van der Waals surface area contributed by atoms with Gasteiger partial charge in [0.1, 0.15) is 0 Å². The monoisotopic (exact) mass is 356 g/mol. The highest BCUT2D eigenvalue weighted by atomic mass is 79.9. The minimum atomic E-state index is 0.786. The van der Waals surface area contributed by atoms with E-state index in [0.717, 1.165) is 18.3 Å². The van der Waals surface area contributed by atoms with Gasteiger partial charge < -0.3 is 10.2 Å². The Kier molecular flexibility index (Phi) is 6.72. The number of hydrogen-bond acceptors (Lipinski definition) is 3. The van der Waals surface area contributed by atoms with Gasteiger partial charge in [0.15, 0.2) is 0 Å². The van der Waals surface area contributed by atoms with Gasteiger partial charge in [-0.1, -0.05) is 35.8 Å². The van der Waals surface area contributed by atoms with Crippen LogP contribution >= 0.6 is 27.7 Å². The van der Waals surface area contributed by atoms with Gasteiger partial charge in [-0.25, -0.2) is 0 Å². The Labute approximate surface area is 135 Å². The molecule has 1 aliphatic rings. The van der Waals surface area contributed by atoms with Gasteiger partial charge in [0.25, 0.3) is 0 Å². The molecule has 2 rings (SSSR count). The van der Waals surface area contributed by atoms with Crippen molar-refractivity contribution < 1.29 is 0 Å². The average molecular weight is 357 g/mol. The quantitative estimate of drug-likeness (QED) is 0.765. The number of thioether (sulfide) groups is 1. The van der Waals surface area contributed by atoms with Crippen molar-refractivity contribution in [3.63, 3.8) is 0 Å². The van der Waals surface area contributed by atoms with Crippen LogP contribution < -0.4 is 10.2 Å². The number of nitrogens with zero attached hydrogens (tertiary/aromatic N) is 1. The molecule has 20 heavy (non-hydrogen) atoms. The molecule has 0 radical (unpaired) electrons. The number of benzene rings is 1. The molecular weight excluding hydrogens is 332 g/mol. The van der Waals surface area contributed by atoms with Crippen molar-refractivity contribution in [3.05, 3.63) is 28.2 Å². The first-order chi connectivity index (χ1) is 9.74. The molecule has 0 amide bonds. The zero-order chi connectivity index (χ0) is 14.4. The Bertz CT molecular complexity index is 425. The lowest BCUT2D eigenvalue weighted by Gasteiger charge is -2.34. The van der Waals surface area contributed by atoms with E-state index in [1.807, 2.05) is 0 Å². The summed E-state index contributed by atoms with van der Waals surface area (Å²) in [5.74, 6) is 1.25. The van der Waals surface area contributed by atoms with Crippen LogP contribution in [0.25, 0.3) is 0 Å². The first-order valence-corrected chi connectivity index (χ1v) is 9.44. The van der Waals surface area contributed by atoms with Crippen molar-refractivity contribution in [2.45, 2.75) is 38.5 Å². The van der Waals surface area contributed by atoms with E-state index in [9.17, 15) is 0 Å². The Balaban J connectivity index is 2.00. The predicted octanol–water partition coefficient (Wildman–Crippen LogP) is 4.28. The third-order valence-corrected chi connectivity index (χ3v) is 5.85. The number of hydrogen-bond donors (Lipinski definition) is 1. The molecule has 1 aromatic carbocycles. The van der Waals surface area contributed by atoms with Gasteiger partial charge in [-0.05, 0) is 37.1 Å². The molecule has 1 aliphatic heterocycles. The topological polar surface area (TPSA) is 15.3 Å². The fourth-order valence-electron chi connectivity index (χ4n) is 2.48. The van der Waals surface area contributed by atoms with E-state index in [2.05, 4.69) is 70.0 Å². The van der Waals surface area contributed by atoms with E-state index in [-0.39, 0.29) is 0 Å². The summed E-state index contributed by atoms with van der Waals surface area (Å²) in [5.41, 5.74) is 2.70. The molecule has 1 saturated heterocycles. The molecule has 0 bridgehead atoms. The molecule has 0 aliphatic carbocycles. The van der Waals surface area contributed by atoms with Crippen LogP contribution in [0.3, 0.4) is 0 Å². The van der Waals surface area contributed by atoms with Crippen LogP contribution in [-0.2, 0) is 6.54 Å². The second-order valence-electron chi connectivity index (χ2n) is 5.30. The molecule has 1 unspecified atom stereocenters. The Morgan fingerprint density at radius 2 is 2.25 bits per heavy atom. The molecule has 1 atom stereocenters. The number of halogens is 1. The normalized spacial score (nSPS) is 19.4. The van der Waals surface area contributed by atoms with Gasteiger partial charge in [-0.3, -0.25) is 0 Å². The first-order valence-electron chi connectivity index (χ1n) is 7.60. The maximum atomic E-state index is 3.73. The van der Waals surface area contributed by atoms with E-state index in [1.165, 1.54) is 47.4 Å². The van der Waals surface area contributed by atoms with E-state index in [0.29, 0.717) is 0 Å². The lowest BCUT2D eigenvalue weighted by molar-refractivity contribution is 0.673. The second kappa shape index (κ2) is 8.30. The largest absolute Gasteiger partial charge is 0.370 e. The third kappa shape index (κ3) is 4.40. The summed E-state index contributed by atoms with van der Waals surface area (Å²) < 4.78 is 1.23. The van der Waals surface area contributed by atoms with Crippen LogP contribution in [0.5, 0.6) is 0 Å². The van der Waals surface area contributed by atoms with Crippen LogP contribution in [-0.4, -0.2) is 30.6 Å². The number of rotatable bonds is 6. The first kappa shape index (κ1) is 16.2. The minimum absolute atomic E-state index is 0.786. The molecule has 112 valence electrons. The fourth-order valence-corrected chi connectivity index (χ4v) is 4.16. The molecule has 0 spiro atoms. The summed E-state index contributed by atoms with van der Waals surface area (Å²) in [6.07, 6.45) is 2.45. The van der Waals surface area contributed by atoms with Crippen LogP contribution in [0, 0.1) is 0 Å². The Morgan fingerprint density at radius 1 is 1.40 bits per heavy atom. The summed E-state index contributed by atoms with van der Waals surface area (Å²) in [6, 6.07) is 6.81. The van der Waals surface area contributed by atoms with Crippen LogP contribution in [0.2, 0.25) is 0 Å². The zero-order valence-corrected chi connectivity index (χ0v) is 14.9. The smallest absolute Gasteiger partial charge is 0.0378 e. The molecule has 0 saturated carbocycles. The van der Waals surface area contributed by atoms with Crippen LogP contribution in [0.15, 0.2) is 22.7 Å². The van der Waals surface area contributed by atoms with E-state index in [4.69, 9.17) is 0 Å². The highest BCUT2D eigenvalue weighted by Crippen LogP contribution is 2.29. The summed E-state index contributed by atoms with van der Waals surface area (Å²) in [7, 11) is 0. The SMILES string of the molecule is CCCNCc1ccc(N2CCSC(CC)C2)cc1Br. The van der Waals surface area contributed by atoms with Crippen molar-refractivity contribution in [2.75, 3.05) is 30.3 Å². The summed E-state index contributed by atoms with van der Waals surface area (Å²) in [5, 5.41) is 4.25.